The fraction of sp³-hybridized carbons (Fsp3) is 0.648. The van der Waals surface area contributed by atoms with Crippen LogP contribution in [0.1, 0.15) is 239 Å². The first-order valence-corrected chi connectivity index (χ1v) is 36.5. The Hall–Kier alpha value is -4.31. The monoisotopic (exact) mass is 1290 g/mol. The summed E-state index contributed by atoms with van der Waals surface area (Å²) in [6.45, 7) is 2.31. The Morgan fingerprint density at radius 1 is 0.326 bits per heavy atom. The molecule has 0 aromatic rings. The minimum absolute atomic E-state index is 0.0786. The molecule has 0 aromatic carbocycles. The van der Waals surface area contributed by atoms with E-state index >= 15 is 0 Å². The Kier molecular flexibility index (Phi) is 60.7. The molecular formula is C71H118O16P2. The molecule has 0 amide bonds. The molecule has 0 aliphatic heterocycles. The molecule has 0 heterocycles. The summed E-state index contributed by atoms with van der Waals surface area (Å²) in [5, 5.41) is 20.5. The number of phosphoric acid groups is 2. The van der Waals surface area contributed by atoms with Crippen molar-refractivity contribution in [2.45, 2.75) is 257 Å². The molecule has 0 spiro atoms. The van der Waals surface area contributed by atoms with Gasteiger partial charge in [0, 0.05) is 19.3 Å². The SMILES string of the molecule is CC/C=C\C/C=C\C/C=C\C/C=C\C/C=C\CCCCCCCCCC(=O)OCC(O)COP(=O)(O)OCC(O)COP(=O)(O)OCC(COC(=O)CCC/C=C\C/C=C\C/C=C\C/C=C\C/C=C\CC)OC(=O)CCCCCCC/C=C\CCCCCC. The number of carbonyl (C=O) groups excluding carboxylic acids is 3. The molecule has 0 aliphatic carbocycles. The summed E-state index contributed by atoms with van der Waals surface area (Å²) < 4.78 is 60.7. The van der Waals surface area contributed by atoms with Crippen LogP contribution in [0.3, 0.4) is 0 Å². The molecule has 16 nitrogen and oxygen atoms in total. The summed E-state index contributed by atoms with van der Waals surface area (Å²) in [7, 11) is -9.80. The van der Waals surface area contributed by atoms with E-state index in [1.165, 1.54) is 25.7 Å². The van der Waals surface area contributed by atoms with Crippen molar-refractivity contribution in [1.29, 1.82) is 0 Å². The van der Waals surface area contributed by atoms with Crippen molar-refractivity contribution < 1.29 is 75.8 Å². The smallest absolute Gasteiger partial charge is 0.463 e. The lowest BCUT2D eigenvalue weighted by Gasteiger charge is -2.21. The standard InChI is InChI=1S/C71H118O16P2/c1-4-7-10-13-16-19-22-25-27-29-30-31-32-33-34-36-38-40-42-45-48-51-54-57-69(74)81-60-66(72)61-83-88(77,78)84-62-67(73)63-85-89(79,80)86-65-68(87-71(76)59-56-53-50-47-44-39-24-21-18-15-12-9-6-3)64-82-70(75)58-55-52-49-46-43-41-37-35-28-26-23-20-17-14-11-8-5-2/h7-8,10-11,16-17,19-21,24-28,30-31,33-34,37,41,46,49,66-68,72-73H,4-6,9,12-15,18,22-23,29,32,35-36,38-40,42-45,47-48,50-65H2,1-3H3,(H,77,78)(H,79,80)/b10-7-,11-8-,19-16-,20-17-,24-21-,27-25-,28-26-,31-30-,34-33-,41-37-,49-46-. The fourth-order valence-electron chi connectivity index (χ4n) is 8.27. The highest BCUT2D eigenvalue weighted by molar-refractivity contribution is 7.47. The van der Waals surface area contributed by atoms with Crippen molar-refractivity contribution in [2.75, 3.05) is 39.6 Å². The van der Waals surface area contributed by atoms with E-state index in [0.29, 0.717) is 25.7 Å². The van der Waals surface area contributed by atoms with Crippen LogP contribution in [-0.2, 0) is 55.8 Å². The Labute approximate surface area is 537 Å². The first kappa shape index (κ1) is 84.7. The van der Waals surface area contributed by atoms with E-state index in [-0.39, 0.29) is 19.3 Å². The Bertz CT molecular complexity index is 2160. The summed E-state index contributed by atoms with van der Waals surface area (Å²) in [6, 6.07) is 0. The number of carbonyl (C=O) groups is 3. The van der Waals surface area contributed by atoms with E-state index in [1.807, 2.05) is 12.2 Å². The second-order valence-corrected chi connectivity index (χ2v) is 24.8. The number of hydrogen-bond acceptors (Lipinski definition) is 14. The van der Waals surface area contributed by atoms with Gasteiger partial charge in [0.1, 0.15) is 25.4 Å². The van der Waals surface area contributed by atoms with Gasteiger partial charge in [0.15, 0.2) is 6.10 Å². The molecule has 0 fully saturated rings. The lowest BCUT2D eigenvalue weighted by molar-refractivity contribution is -0.161. The number of hydrogen-bond donors (Lipinski definition) is 4. The van der Waals surface area contributed by atoms with Crippen LogP contribution < -0.4 is 0 Å². The van der Waals surface area contributed by atoms with Crippen molar-refractivity contribution in [3.8, 4) is 0 Å². The van der Waals surface area contributed by atoms with Gasteiger partial charge in [-0.05, 0) is 128 Å². The molecule has 0 saturated heterocycles. The predicted octanol–water partition coefficient (Wildman–Crippen LogP) is 18.4. The van der Waals surface area contributed by atoms with Gasteiger partial charge >= 0.3 is 33.6 Å². The van der Waals surface area contributed by atoms with Crippen molar-refractivity contribution >= 4 is 33.6 Å². The quantitative estimate of drug-likeness (QED) is 0.0146. The van der Waals surface area contributed by atoms with Gasteiger partial charge in [-0.15, -0.1) is 0 Å². The maximum absolute atomic E-state index is 12.9. The number of allylic oxidation sites excluding steroid dienone is 22. The van der Waals surface area contributed by atoms with Gasteiger partial charge in [-0.2, -0.15) is 0 Å². The first-order chi connectivity index (χ1) is 43.2. The van der Waals surface area contributed by atoms with Crippen molar-refractivity contribution in [3.63, 3.8) is 0 Å². The van der Waals surface area contributed by atoms with E-state index in [1.54, 1.807) is 0 Å². The number of rotatable bonds is 62. The molecule has 89 heavy (non-hydrogen) atoms. The van der Waals surface area contributed by atoms with Crippen LogP contribution in [0.2, 0.25) is 0 Å². The van der Waals surface area contributed by atoms with Gasteiger partial charge in [0.25, 0.3) is 0 Å². The van der Waals surface area contributed by atoms with Crippen LogP contribution in [-0.4, -0.2) is 95.9 Å². The van der Waals surface area contributed by atoms with E-state index in [2.05, 4.69) is 142 Å². The Balaban J connectivity index is 4.66. The molecule has 0 rings (SSSR count). The maximum atomic E-state index is 12.9. The third kappa shape index (κ3) is 65.0. The first-order valence-electron chi connectivity index (χ1n) is 33.5. The second kappa shape index (κ2) is 63.8. The van der Waals surface area contributed by atoms with Crippen LogP contribution in [0.25, 0.3) is 0 Å². The van der Waals surface area contributed by atoms with Crippen molar-refractivity contribution in [1.82, 2.24) is 0 Å². The molecule has 18 heteroatoms. The van der Waals surface area contributed by atoms with Gasteiger partial charge in [-0.3, -0.25) is 32.5 Å². The van der Waals surface area contributed by atoms with Crippen molar-refractivity contribution in [3.05, 3.63) is 134 Å². The number of ether oxygens (including phenoxy) is 3. The summed E-state index contributed by atoms with van der Waals surface area (Å²) in [5.74, 6) is -1.67. The zero-order valence-electron chi connectivity index (χ0n) is 54.8. The molecule has 4 N–H and O–H groups in total. The van der Waals surface area contributed by atoms with E-state index < -0.39 is 91.5 Å². The van der Waals surface area contributed by atoms with Crippen LogP contribution in [0, 0.1) is 0 Å². The van der Waals surface area contributed by atoms with Gasteiger partial charge in [0.2, 0.25) is 0 Å². The zero-order chi connectivity index (χ0) is 65.3. The zero-order valence-corrected chi connectivity index (χ0v) is 56.6. The minimum atomic E-state index is -4.94. The van der Waals surface area contributed by atoms with E-state index in [9.17, 15) is 43.5 Å². The van der Waals surface area contributed by atoms with Crippen molar-refractivity contribution in [2.24, 2.45) is 0 Å². The number of aliphatic hydroxyl groups is 2. The number of phosphoric ester groups is 2. The largest absolute Gasteiger partial charge is 0.472 e. The van der Waals surface area contributed by atoms with Crippen LogP contribution in [0.15, 0.2) is 134 Å². The molecule has 0 saturated carbocycles. The normalized spacial score (nSPS) is 15.1. The lowest BCUT2D eigenvalue weighted by atomic mass is 10.1. The summed E-state index contributed by atoms with van der Waals surface area (Å²) in [4.78, 5) is 58.3. The average Bonchev–Trinajstić information content (AvgIpc) is 3.72. The summed E-state index contributed by atoms with van der Waals surface area (Å²) in [5.41, 5.74) is 0. The minimum Gasteiger partial charge on any atom is -0.463 e. The molecule has 0 aromatic heterocycles. The highest BCUT2D eigenvalue weighted by atomic mass is 31.2. The maximum Gasteiger partial charge on any atom is 0.472 e. The van der Waals surface area contributed by atoms with Gasteiger partial charge < -0.3 is 34.2 Å². The van der Waals surface area contributed by atoms with Crippen LogP contribution >= 0.6 is 15.6 Å². The summed E-state index contributed by atoms with van der Waals surface area (Å²) in [6.07, 6.45) is 73.7. The molecule has 0 aliphatic rings. The van der Waals surface area contributed by atoms with E-state index in [4.69, 9.17) is 32.3 Å². The predicted molar refractivity (Wildman–Crippen MR) is 362 cm³/mol. The van der Waals surface area contributed by atoms with E-state index in [0.717, 1.165) is 148 Å². The molecule has 0 bridgehead atoms. The average molecular weight is 1290 g/mol. The van der Waals surface area contributed by atoms with Gasteiger partial charge in [-0.25, -0.2) is 9.13 Å². The molecule has 0 radical (unpaired) electrons. The third-order valence-electron chi connectivity index (χ3n) is 13.3. The van der Waals surface area contributed by atoms with Crippen LogP contribution in [0.4, 0.5) is 0 Å². The molecule has 5 atom stereocenters. The number of aliphatic hydroxyl groups excluding tert-OH is 2. The highest BCUT2D eigenvalue weighted by Crippen LogP contribution is 2.45. The lowest BCUT2D eigenvalue weighted by Crippen LogP contribution is -2.30. The van der Waals surface area contributed by atoms with Crippen LogP contribution in [0.5, 0.6) is 0 Å². The number of esters is 3. The Morgan fingerprint density at radius 2 is 0.607 bits per heavy atom. The number of unbranched alkanes of at least 4 members (excludes halogenated alkanes) is 17. The Morgan fingerprint density at radius 3 is 1.00 bits per heavy atom. The highest BCUT2D eigenvalue weighted by Gasteiger charge is 2.29. The fourth-order valence-corrected chi connectivity index (χ4v) is 9.86. The van der Waals surface area contributed by atoms with Gasteiger partial charge in [-0.1, -0.05) is 225 Å². The molecule has 5 unspecified atom stereocenters. The molecule has 508 valence electrons. The topological polar surface area (TPSA) is 231 Å². The third-order valence-corrected chi connectivity index (χ3v) is 15.2. The molecular weight excluding hydrogens is 1170 g/mol. The van der Waals surface area contributed by atoms with Gasteiger partial charge in [0.05, 0.1) is 26.4 Å². The summed E-state index contributed by atoms with van der Waals surface area (Å²) >= 11 is 0. The second-order valence-electron chi connectivity index (χ2n) is 21.9.